The van der Waals surface area contributed by atoms with Gasteiger partial charge in [0.1, 0.15) is 10.0 Å². The maximum absolute atomic E-state index is 14.0. The highest BCUT2D eigenvalue weighted by atomic mass is 32.2. The Balaban J connectivity index is 2.44. The summed E-state index contributed by atoms with van der Waals surface area (Å²) in [6.07, 6.45) is 0. The number of thiophene rings is 1. The van der Waals surface area contributed by atoms with Crippen LogP contribution in [-0.2, 0) is 15.5 Å². The van der Waals surface area contributed by atoms with E-state index in [4.69, 9.17) is 5.14 Å². The first-order valence-electron chi connectivity index (χ1n) is 9.24. The van der Waals surface area contributed by atoms with Crippen molar-refractivity contribution in [3.8, 4) is 0 Å². The van der Waals surface area contributed by atoms with E-state index in [0.717, 1.165) is 11.3 Å². The molecule has 0 fully saturated rings. The highest BCUT2D eigenvalue weighted by molar-refractivity contribution is 7.93. The van der Waals surface area contributed by atoms with Gasteiger partial charge in [-0.05, 0) is 61.1 Å². The smallest absolute Gasteiger partial charge is 0.354 e. The van der Waals surface area contributed by atoms with Crippen molar-refractivity contribution in [3.63, 3.8) is 0 Å². The molecule has 0 aliphatic heterocycles. The third-order valence-electron chi connectivity index (χ3n) is 4.33. The van der Waals surface area contributed by atoms with E-state index in [1.54, 1.807) is 19.9 Å². The second-order valence-corrected chi connectivity index (χ2v) is 11.1. The molecule has 0 bridgehead atoms. The Labute approximate surface area is 175 Å². The van der Waals surface area contributed by atoms with E-state index >= 15 is 0 Å². The molecular weight excluding hydrogens is 413 g/mol. The quantitative estimate of drug-likeness (QED) is 0.587. The summed E-state index contributed by atoms with van der Waals surface area (Å²) in [6, 6.07) is 4.98. The fraction of sp³-hybridized carbons (Fsp3) is 0.450. The third-order valence-corrected chi connectivity index (χ3v) is 7.64. The van der Waals surface area contributed by atoms with E-state index in [-0.39, 0.29) is 21.9 Å². The molecule has 0 saturated carbocycles. The Hall–Kier alpha value is -1.81. The Kier molecular flexibility index (Phi) is 6.89. The lowest BCUT2D eigenvalue weighted by atomic mass is 9.92. The normalized spacial score (nSPS) is 14.2. The van der Waals surface area contributed by atoms with E-state index in [0.29, 0.717) is 21.7 Å². The van der Waals surface area contributed by atoms with Crippen LogP contribution in [0.4, 0.5) is 14.9 Å². The molecule has 0 saturated heterocycles. The first-order chi connectivity index (χ1) is 13.2. The summed E-state index contributed by atoms with van der Waals surface area (Å²) in [5.74, 6) is -0.479. The van der Waals surface area contributed by atoms with Gasteiger partial charge in [-0.25, -0.2) is 18.5 Å². The highest BCUT2D eigenvalue weighted by Crippen LogP contribution is 2.34. The van der Waals surface area contributed by atoms with Crippen molar-refractivity contribution in [2.24, 2.45) is 9.50 Å². The highest BCUT2D eigenvalue weighted by Gasteiger charge is 2.23. The number of halogens is 1. The summed E-state index contributed by atoms with van der Waals surface area (Å²) in [4.78, 5) is 13.1. The molecule has 4 N–H and O–H groups in total. The number of urea groups is 1. The molecule has 2 rings (SSSR count). The van der Waals surface area contributed by atoms with Crippen LogP contribution >= 0.6 is 11.3 Å². The van der Waals surface area contributed by atoms with Gasteiger partial charge in [0, 0.05) is 10.6 Å². The number of carbonyl (C=O) groups is 1. The Morgan fingerprint density at radius 3 is 2.14 bits per heavy atom. The van der Waals surface area contributed by atoms with Crippen molar-refractivity contribution in [2.45, 2.75) is 63.2 Å². The van der Waals surface area contributed by atoms with Crippen molar-refractivity contribution in [1.82, 2.24) is 0 Å². The lowest BCUT2D eigenvalue weighted by Gasteiger charge is -2.19. The lowest BCUT2D eigenvalue weighted by molar-refractivity contribution is 0.0825. The molecule has 29 heavy (non-hydrogen) atoms. The van der Waals surface area contributed by atoms with Gasteiger partial charge in [0.2, 0.25) is 0 Å². The van der Waals surface area contributed by atoms with Gasteiger partial charge >= 0.3 is 6.03 Å². The van der Waals surface area contributed by atoms with Crippen molar-refractivity contribution in [3.05, 3.63) is 46.1 Å². The van der Waals surface area contributed by atoms with Crippen LogP contribution in [0.2, 0.25) is 0 Å². The second-order valence-electron chi connectivity index (χ2n) is 8.04. The third kappa shape index (κ3) is 5.63. The molecule has 1 atom stereocenters. The van der Waals surface area contributed by atoms with Gasteiger partial charge < -0.3 is 10.4 Å². The zero-order valence-electron chi connectivity index (χ0n) is 17.4. The minimum absolute atomic E-state index is 0.0487. The van der Waals surface area contributed by atoms with Gasteiger partial charge in [0.05, 0.1) is 5.60 Å². The second kappa shape index (κ2) is 8.51. The molecule has 6 nitrogen and oxygen atoms in total. The number of nitrogens with zero attached hydrogens (tertiary/aromatic N) is 1. The molecular formula is C20H28FN3O3S2. The van der Waals surface area contributed by atoms with Crippen LogP contribution in [0.25, 0.3) is 0 Å². The fourth-order valence-electron chi connectivity index (χ4n) is 2.81. The molecule has 0 aliphatic carbocycles. The first kappa shape index (κ1) is 23.5. The van der Waals surface area contributed by atoms with Crippen LogP contribution in [0.3, 0.4) is 0 Å². The number of nitrogens with two attached hydrogens (primary N) is 1. The molecule has 1 aromatic carbocycles. The maximum Gasteiger partial charge on any atom is 0.354 e. The molecule has 9 heteroatoms. The minimum Gasteiger partial charge on any atom is -0.385 e. The van der Waals surface area contributed by atoms with Crippen LogP contribution < -0.4 is 10.5 Å². The van der Waals surface area contributed by atoms with Crippen LogP contribution in [0.1, 0.15) is 69.4 Å². The van der Waals surface area contributed by atoms with Crippen LogP contribution in [0.5, 0.6) is 0 Å². The van der Waals surface area contributed by atoms with Crippen molar-refractivity contribution in [1.29, 1.82) is 0 Å². The Morgan fingerprint density at radius 2 is 1.72 bits per heavy atom. The van der Waals surface area contributed by atoms with Crippen LogP contribution in [-0.4, -0.2) is 15.3 Å². The molecule has 0 radical (unpaired) electrons. The van der Waals surface area contributed by atoms with E-state index in [1.807, 2.05) is 27.7 Å². The average Bonchev–Trinajstić information content (AvgIpc) is 3.06. The lowest BCUT2D eigenvalue weighted by Crippen LogP contribution is -2.18. The number of amides is 2. The average molecular weight is 442 g/mol. The van der Waals surface area contributed by atoms with Gasteiger partial charge in [0.15, 0.2) is 9.92 Å². The number of carbonyl (C=O) groups excluding carboxylic acids is 1. The number of rotatable bonds is 5. The standard InChI is InChI=1S/C20H28FN3O3S2/c1-11(2)14-9-13(21)10-15(12(3)4)18(14)23-19(25)24-29(22,27)17-8-7-16(28-17)20(5,6)26/h7-12,26H,1-6H3,(H3,22,23,24,25,27)/t29-/m1/s1. The maximum atomic E-state index is 14.0. The monoisotopic (exact) mass is 441 g/mol. The van der Waals surface area contributed by atoms with Crippen LogP contribution in [0, 0.1) is 5.82 Å². The summed E-state index contributed by atoms with van der Waals surface area (Å²) >= 11 is 1.04. The van der Waals surface area contributed by atoms with Crippen LogP contribution in [0.15, 0.2) is 32.8 Å². The summed E-state index contributed by atoms with van der Waals surface area (Å²) in [5.41, 5.74) is 0.596. The zero-order chi connectivity index (χ0) is 22.1. The molecule has 1 aromatic heterocycles. The van der Waals surface area contributed by atoms with Gasteiger partial charge in [-0.2, -0.15) is 0 Å². The van der Waals surface area contributed by atoms with Gasteiger partial charge in [-0.1, -0.05) is 27.7 Å². The molecule has 2 aromatic rings. The van der Waals surface area contributed by atoms with Crippen molar-refractivity contribution < 1.29 is 18.5 Å². The molecule has 0 spiro atoms. The Morgan fingerprint density at radius 1 is 1.21 bits per heavy atom. The van der Waals surface area contributed by atoms with E-state index in [9.17, 15) is 18.5 Å². The summed E-state index contributed by atoms with van der Waals surface area (Å²) < 4.78 is 30.8. The molecule has 160 valence electrons. The van der Waals surface area contributed by atoms with Gasteiger partial charge in [-0.3, -0.25) is 0 Å². The molecule has 2 amide bonds. The number of hydrogen-bond donors (Lipinski definition) is 3. The number of hydrogen-bond acceptors (Lipinski definition) is 4. The number of nitrogens with one attached hydrogen (secondary N) is 1. The number of anilines is 1. The first-order valence-corrected chi connectivity index (χ1v) is 11.6. The Bertz CT molecular complexity index is 1000. The summed E-state index contributed by atoms with van der Waals surface area (Å²) in [5, 5.41) is 18.6. The predicted molar refractivity (Wildman–Crippen MR) is 116 cm³/mol. The number of benzene rings is 1. The summed E-state index contributed by atoms with van der Waals surface area (Å²) in [6.45, 7) is 10.8. The SMILES string of the molecule is CC(C)c1cc(F)cc(C(C)C)c1NC(=O)N=[S@@](N)(=O)c1ccc(C(C)(C)O)s1. The fourth-order valence-corrected chi connectivity index (χ4v) is 5.05. The topological polar surface area (TPSA) is 105 Å². The van der Waals surface area contributed by atoms with E-state index in [1.165, 1.54) is 18.2 Å². The summed E-state index contributed by atoms with van der Waals surface area (Å²) in [7, 11) is -3.50. The zero-order valence-corrected chi connectivity index (χ0v) is 19.1. The molecule has 1 heterocycles. The predicted octanol–water partition coefficient (Wildman–Crippen LogP) is 5.29. The molecule has 0 unspecified atom stereocenters. The van der Waals surface area contributed by atoms with Crippen molar-refractivity contribution in [2.75, 3.05) is 5.32 Å². The van der Waals surface area contributed by atoms with Gasteiger partial charge in [0.25, 0.3) is 0 Å². The van der Waals surface area contributed by atoms with E-state index < -0.39 is 21.5 Å². The van der Waals surface area contributed by atoms with E-state index in [2.05, 4.69) is 9.68 Å². The number of aliphatic hydroxyl groups is 1. The van der Waals surface area contributed by atoms with Gasteiger partial charge in [-0.15, -0.1) is 15.7 Å². The largest absolute Gasteiger partial charge is 0.385 e. The minimum atomic E-state index is -3.50. The van der Waals surface area contributed by atoms with Crippen molar-refractivity contribution >= 4 is 33.0 Å². The molecule has 0 aliphatic rings.